The van der Waals surface area contributed by atoms with E-state index in [0.29, 0.717) is 37.6 Å². The van der Waals surface area contributed by atoms with Crippen LogP contribution in [0.25, 0.3) is 11.3 Å². The molecule has 3 aromatic rings. The van der Waals surface area contributed by atoms with Gasteiger partial charge in [0.15, 0.2) is 0 Å². The zero-order valence-electron chi connectivity index (χ0n) is 18.0. The molecule has 1 aromatic heterocycles. The fraction of sp³-hybridized carbons (Fsp3) is 0.360. The number of aryl methyl sites for hydroxylation is 2. The summed E-state index contributed by atoms with van der Waals surface area (Å²) in [5.74, 6) is 0.516. The van der Waals surface area contributed by atoms with Crippen LogP contribution in [0.2, 0.25) is 0 Å². The number of imidazole rings is 1. The van der Waals surface area contributed by atoms with Gasteiger partial charge in [-0.25, -0.2) is 9.37 Å². The number of ether oxygens (including phenoxy) is 1. The Morgan fingerprint density at radius 2 is 1.81 bits per heavy atom. The summed E-state index contributed by atoms with van der Waals surface area (Å²) in [5, 5.41) is 2.98. The molecule has 32 heavy (non-hydrogen) atoms. The largest absolute Gasteiger partial charge is 0.379 e. The fourth-order valence-corrected chi connectivity index (χ4v) is 4.52. The molecule has 166 valence electrons. The molecule has 0 radical (unpaired) electrons. The van der Waals surface area contributed by atoms with Gasteiger partial charge in [0, 0.05) is 49.1 Å². The van der Waals surface area contributed by atoms with Crippen LogP contribution in [0.4, 0.5) is 10.1 Å². The molecule has 1 saturated heterocycles. The number of nitrogens with one attached hydrogen (secondary N) is 1. The Labute approximate surface area is 187 Å². The van der Waals surface area contributed by atoms with E-state index >= 15 is 0 Å². The number of hydrogen-bond acceptors (Lipinski definition) is 4. The Kier molecular flexibility index (Phi) is 6.01. The lowest BCUT2D eigenvalue weighted by Gasteiger charge is -2.33. The first-order chi connectivity index (χ1) is 15.7. The lowest BCUT2D eigenvalue weighted by Crippen LogP contribution is -2.44. The molecule has 0 aliphatic carbocycles. The predicted molar refractivity (Wildman–Crippen MR) is 121 cm³/mol. The van der Waals surface area contributed by atoms with Gasteiger partial charge in [0.1, 0.15) is 17.7 Å². The molecule has 2 aliphatic heterocycles. The average molecular weight is 435 g/mol. The highest BCUT2D eigenvalue weighted by Crippen LogP contribution is 2.28. The van der Waals surface area contributed by atoms with Crippen molar-refractivity contribution in [2.75, 3.05) is 31.6 Å². The van der Waals surface area contributed by atoms with Crippen LogP contribution in [0.5, 0.6) is 0 Å². The minimum absolute atomic E-state index is 0.248. The molecule has 1 amide bonds. The highest BCUT2D eigenvalue weighted by molar-refractivity contribution is 5.95. The number of nitrogens with zero attached hydrogens (tertiary/aromatic N) is 3. The third-order valence-electron chi connectivity index (χ3n) is 6.22. The number of carbonyl (C=O) groups is 1. The van der Waals surface area contributed by atoms with Crippen LogP contribution in [0, 0.1) is 5.82 Å². The van der Waals surface area contributed by atoms with Crippen molar-refractivity contribution < 1.29 is 13.9 Å². The number of carbonyl (C=O) groups excluding carboxylic acids is 1. The summed E-state index contributed by atoms with van der Waals surface area (Å²) in [7, 11) is 0. The summed E-state index contributed by atoms with van der Waals surface area (Å²) < 4.78 is 22.2. The maximum atomic E-state index is 14.6. The summed E-state index contributed by atoms with van der Waals surface area (Å²) >= 11 is 0. The van der Waals surface area contributed by atoms with E-state index in [0.717, 1.165) is 30.0 Å². The number of halogens is 1. The lowest BCUT2D eigenvalue weighted by molar-refractivity contribution is -0.123. The normalized spacial score (nSPS) is 17.5. The van der Waals surface area contributed by atoms with Gasteiger partial charge in [-0.2, -0.15) is 0 Å². The molecule has 2 aromatic carbocycles. The average Bonchev–Trinajstić information content (AvgIpc) is 3.26. The van der Waals surface area contributed by atoms with Gasteiger partial charge in [-0.1, -0.05) is 30.3 Å². The monoisotopic (exact) mass is 434 g/mol. The number of rotatable bonds is 5. The summed E-state index contributed by atoms with van der Waals surface area (Å²) in [6, 6.07) is 13.5. The van der Waals surface area contributed by atoms with Crippen molar-refractivity contribution in [1.82, 2.24) is 14.5 Å². The maximum Gasteiger partial charge on any atom is 0.246 e. The zero-order chi connectivity index (χ0) is 21.9. The molecule has 1 fully saturated rings. The van der Waals surface area contributed by atoms with Crippen LogP contribution in [0.3, 0.4) is 0 Å². The van der Waals surface area contributed by atoms with Gasteiger partial charge < -0.3 is 14.6 Å². The molecule has 0 spiro atoms. The molecule has 2 aliphatic rings. The second-order valence-electron chi connectivity index (χ2n) is 8.33. The van der Waals surface area contributed by atoms with Crippen LogP contribution < -0.4 is 5.32 Å². The van der Waals surface area contributed by atoms with Crippen molar-refractivity contribution in [2.45, 2.75) is 31.8 Å². The first-order valence-electron chi connectivity index (χ1n) is 11.2. The van der Waals surface area contributed by atoms with Gasteiger partial charge in [-0.15, -0.1) is 0 Å². The van der Waals surface area contributed by atoms with Crippen molar-refractivity contribution in [1.29, 1.82) is 0 Å². The first-order valence-corrected chi connectivity index (χ1v) is 11.2. The van der Waals surface area contributed by atoms with E-state index in [-0.39, 0.29) is 11.7 Å². The van der Waals surface area contributed by atoms with Crippen LogP contribution in [-0.2, 0) is 22.5 Å². The van der Waals surface area contributed by atoms with E-state index in [2.05, 4.69) is 16.1 Å². The Morgan fingerprint density at radius 1 is 1.03 bits per heavy atom. The van der Waals surface area contributed by atoms with Gasteiger partial charge in [0.05, 0.1) is 18.9 Å². The third kappa shape index (κ3) is 4.31. The highest BCUT2D eigenvalue weighted by atomic mass is 19.1. The topological polar surface area (TPSA) is 59.4 Å². The Balaban J connectivity index is 1.35. The quantitative estimate of drug-likeness (QED) is 0.659. The van der Waals surface area contributed by atoms with Crippen molar-refractivity contribution >= 4 is 11.6 Å². The Hall–Kier alpha value is -3.03. The van der Waals surface area contributed by atoms with E-state index in [9.17, 15) is 9.18 Å². The van der Waals surface area contributed by atoms with E-state index in [1.807, 2.05) is 29.2 Å². The molecule has 0 bridgehead atoms. The molecule has 1 unspecified atom stereocenters. The predicted octanol–water partition coefficient (Wildman–Crippen LogP) is 4.04. The molecule has 5 rings (SSSR count). The van der Waals surface area contributed by atoms with E-state index in [4.69, 9.17) is 9.72 Å². The molecule has 1 atom stereocenters. The number of hydrogen-bond donors (Lipinski definition) is 1. The number of morpholine rings is 1. The number of benzene rings is 2. The summed E-state index contributed by atoms with van der Waals surface area (Å²) in [6.45, 7) is 3.24. The molecular formula is C25H27FN4O2. The van der Waals surface area contributed by atoms with E-state index in [1.165, 1.54) is 18.9 Å². The van der Waals surface area contributed by atoms with Gasteiger partial charge in [-0.05, 0) is 31.0 Å². The lowest BCUT2D eigenvalue weighted by atomic mass is 10.0. The summed E-state index contributed by atoms with van der Waals surface area (Å²) in [5.41, 5.74) is 3.03. The van der Waals surface area contributed by atoms with Crippen LogP contribution >= 0.6 is 0 Å². The van der Waals surface area contributed by atoms with Gasteiger partial charge in [0.25, 0.3) is 0 Å². The number of amides is 1. The highest BCUT2D eigenvalue weighted by Gasteiger charge is 2.31. The van der Waals surface area contributed by atoms with Crippen LogP contribution in [0.15, 0.2) is 54.7 Å². The summed E-state index contributed by atoms with van der Waals surface area (Å²) in [6.07, 6.45) is 5.51. The molecular weight excluding hydrogens is 407 g/mol. The molecule has 1 N–H and O–H groups in total. The smallest absolute Gasteiger partial charge is 0.246 e. The third-order valence-corrected chi connectivity index (χ3v) is 6.22. The van der Waals surface area contributed by atoms with Crippen molar-refractivity contribution in [3.8, 4) is 11.3 Å². The van der Waals surface area contributed by atoms with Crippen LogP contribution in [-0.4, -0.2) is 46.7 Å². The fourth-order valence-electron chi connectivity index (χ4n) is 4.52. The molecule has 0 saturated carbocycles. The second kappa shape index (κ2) is 9.22. The standard InChI is InChI=1S/C25H27FN4O2/c26-21-6-2-1-5-20(21)24(29-13-15-32-16-14-29)25(31)27-19-10-8-18(9-11-19)22-17-30-12-4-3-7-23(30)28-22/h1-2,5-6,8-11,17,24H,3-4,7,12-16H2,(H,27,31). The molecule has 3 heterocycles. The van der Waals surface area contributed by atoms with Crippen LogP contribution in [0.1, 0.15) is 30.3 Å². The van der Waals surface area contributed by atoms with E-state index in [1.54, 1.807) is 18.2 Å². The molecule has 6 nitrogen and oxygen atoms in total. The van der Waals surface area contributed by atoms with E-state index < -0.39 is 6.04 Å². The Morgan fingerprint density at radius 3 is 2.56 bits per heavy atom. The minimum Gasteiger partial charge on any atom is -0.379 e. The summed E-state index contributed by atoms with van der Waals surface area (Å²) in [4.78, 5) is 20.0. The van der Waals surface area contributed by atoms with Crippen molar-refractivity contribution in [3.63, 3.8) is 0 Å². The van der Waals surface area contributed by atoms with Gasteiger partial charge in [-0.3, -0.25) is 9.69 Å². The first kappa shape index (κ1) is 20.8. The SMILES string of the molecule is O=C(Nc1ccc(-c2cn3c(n2)CCCC3)cc1)C(c1ccccc1F)N1CCOCC1. The number of fused-ring (bicyclic) bond motifs is 1. The maximum absolute atomic E-state index is 14.6. The minimum atomic E-state index is -0.709. The number of anilines is 1. The van der Waals surface area contributed by atoms with Crippen molar-refractivity contribution in [3.05, 3.63) is 71.9 Å². The zero-order valence-corrected chi connectivity index (χ0v) is 18.0. The van der Waals surface area contributed by atoms with Gasteiger partial charge in [0.2, 0.25) is 5.91 Å². The number of aromatic nitrogens is 2. The van der Waals surface area contributed by atoms with Crippen molar-refractivity contribution in [2.24, 2.45) is 0 Å². The molecule has 7 heteroatoms. The Bertz CT molecular complexity index is 1070. The van der Waals surface area contributed by atoms with Gasteiger partial charge >= 0.3 is 0 Å². The second-order valence-corrected chi connectivity index (χ2v) is 8.33.